The van der Waals surface area contributed by atoms with Gasteiger partial charge >= 0.3 is 0 Å². The number of ether oxygens (including phenoxy) is 1. The predicted octanol–water partition coefficient (Wildman–Crippen LogP) is 4.30. The third kappa shape index (κ3) is 6.24. The molecule has 0 saturated heterocycles. The molecular formula is C16H25NO2S. The van der Waals surface area contributed by atoms with Crippen LogP contribution in [0.15, 0.2) is 36.9 Å². The lowest BCUT2D eigenvalue weighted by molar-refractivity contribution is 0.162. The molecule has 0 amide bonds. The van der Waals surface area contributed by atoms with E-state index in [0.717, 1.165) is 30.7 Å². The summed E-state index contributed by atoms with van der Waals surface area (Å²) in [4.78, 5) is 0. The highest BCUT2D eigenvalue weighted by Gasteiger charge is 2.14. The Kier molecular flexibility index (Phi) is 6.79. The number of rotatable bonds is 9. The van der Waals surface area contributed by atoms with E-state index in [9.17, 15) is 4.21 Å². The smallest absolute Gasteiger partial charge is 0.121 e. The lowest BCUT2D eigenvalue weighted by atomic mass is 10.1. The Morgan fingerprint density at radius 3 is 2.50 bits per heavy atom. The molecule has 0 aliphatic heterocycles. The number of anilines is 1. The van der Waals surface area contributed by atoms with Crippen molar-refractivity contribution in [2.75, 3.05) is 10.5 Å². The average molecular weight is 295 g/mol. The zero-order valence-electron chi connectivity index (χ0n) is 12.6. The summed E-state index contributed by atoms with van der Waals surface area (Å²) < 4.78 is 20.6. The van der Waals surface area contributed by atoms with Gasteiger partial charge in [-0.05, 0) is 50.6 Å². The molecule has 1 atom stereocenters. The van der Waals surface area contributed by atoms with Gasteiger partial charge in [0, 0.05) is 11.4 Å². The van der Waals surface area contributed by atoms with Crippen LogP contribution in [0.25, 0.3) is 0 Å². The highest BCUT2D eigenvalue weighted by molar-refractivity contribution is 7.86. The van der Waals surface area contributed by atoms with Crippen molar-refractivity contribution < 1.29 is 8.95 Å². The second-order valence-electron chi connectivity index (χ2n) is 5.29. The Hall–Kier alpha value is -1.29. The second-order valence-corrected chi connectivity index (χ2v) is 6.60. The largest absolute Gasteiger partial charge is 0.484 e. The topological polar surface area (TPSA) is 38.3 Å². The van der Waals surface area contributed by atoms with Gasteiger partial charge in [0.2, 0.25) is 0 Å². The second kappa shape index (κ2) is 8.10. The van der Waals surface area contributed by atoms with Crippen molar-refractivity contribution in [3.8, 4) is 5.75 Å². The highest BCUT2D eigenvalue weighted by Crippen LogP contribution is 2.21. The van der Waals surface area contributed by atoms with Crippen molar-refractivity contribution in [3.63, 3.8) is 0 Å². The molecule has 0 fully saturated rings. The van der Waals surface area contributed by atoms with Crippen molar-refractivity contribution in [2.24, 2.45) is 0 Å². The molecule has 0 saturated carbocycles. The van der Waals surface area contributed by atoms with Crippen LogP contribution in [-0.2, 0) is 11.0 Å². The summed E-state index contributed by atoms with van der Waals surface area (Å²) >= 11 is 0. The molecule has 0 aliphatic rings. The summed E-state index contributed by atoms with van der Waals surface area (Å²) in [6.07, 6.45) is 5.02. The van der Waals surface area contributed by atoms with Crippen molar-refractivity contribution in [2.45, 2.75) is 45.6 Å². The van der Waals surface area contributed by atoms with E-state index in [1.54, 1.807) is 6.08 Å². The summed E-state index contributed by atoms with van der Waals surface area (Å²) in [6, 6.07) is 7.51. The summed E-state index contributed by atoms with van der Waals surface area (Å²) in [6.45, 7) is 9.79. The predicted molar refractivity (Wildman–Crippen MR) is 87.5 cm³/mol. The van der Waals surface area contributed by atoms with E-state index in [-0.39, 0.29) is 0 Å². The van der Waals surface area contributed by atoms with Crippen LogP contribution in [0.4, 0.5) is 5.69 Å². The lowest BCUT2D eigenvalue weighted by Crippen LogP contribution is -2.24. The molecule has 0 radical (unpaired) electrons. The first-order valence-corrected chi connectivity index (χ1v) is 8.36. The van der Waals surface area contributed by atoms with Gasteiger partial charge in [-0.15, -0.1) is 0 Å². The Morgan fingerprint density at radius 1 is 1.30 bits per heavy atom. The first-order chi connectivity index (χ1) is 9.46. The van der Waals surface area contributed by atoms with E-state index in [1.165, 1.54) is 0 Å². The summed E-state index contributed by atoms with van der Waals surface area (Å²) in [5, 5.41) is 0. The Morgan fingerprint density at radius 2 is 1.95 bits per heavy atom. The standard InChI is InChI=1S/C16H25NO2S/c1-5-7-8-13-20(18)17-14-9-11-15(12-10-14)19-16(3,4)6-2/h6,9-12,17H,2,5,7-8,13H2,1,3-4H3. The van der Waals surface area contributed by atoms with Crippen LogP contribution in [0.5, 0.6) is 5.75 Å². The number of unbranched alkanes of at least 4 members (excludes halogenated alkanes) is 2. The van der Waals surface area contributed by atoms with Crippen molar-refractivity contribution >= 4 is 16.7 Å². The number of benzene rings is 1. The average Bonchev–Trinajstić information content (AvgIpc) is 2.41. The van der Waals surface area contributed by atoms with Crippen LogP contribution >= 0.6 is 0 Å². The lowest BCUT2D eigenvalue weighted by Gasteiger charge is -2.22. The van der Waals surface area contributed by atoms with Crippen LogP contribution in [0.3, 0.4) is 0 Å². The molecule has 3 nitrogen and oxygen atoms in total. The molecule has 4 heteroatoms. The SMILES string of the molecule is C=CC(C)(C)Oc1ccc(NS(=O)CCCCC)cc1. The summed E-state index contributed by atoms with van der Waals surface area (Å²) in [5.74, 6) is 1.47. The Labute approximate surface area is 125 Å². The first kappa shape index (κ1) is 16.8. The first-order valence-electron chi connectivity index (χ1n) is 7.04. The fraction of sp³-hybridized carbons (Fsp3) is 0.500. The third-order valence-electron chi connectivity index (χ3n) is 2.89. The maximum atomic E-state index is 11.8. The van der Waals surface area contributed by atoms with Crippen molar-refractivity contribution in [1.82, 2.24) is 0 Å². The van der Waals surface area contributed by atoms with Gasteiger partial charge in [-0.3, -0.25) is 0 Å². The maximum Gasteiger partial charge on any atom is 0.121 e. The number of hydrogen-bond acceptors (Lipinski definition) is 2. The maximum absolute atomic E-state index is 11.8. The molecule has 0 heterocycles. The quantitative estimate of drug-likeness (QED) is 0.545. The fourth-order valence-corrected chi connectivity index (χ4v) is 2.57. The van der Waals surface area contributed by atoms with Gasteiger partial charge in [-0.1, -0.05) is 26.3 Å². The molecular weight excluding hydrogens is 270 g/mol. The fourth-order valence-electron chi connectivity index (χ4n) is 1.60. The van der Waals surface area contributed by atoms with Gasteiger partial charge < -0.3 is 9.46 Å². The van der Waals surface area contributed by atoms with E-state index >= 15 is 0 Å². The molecule has 1 aromatic carbocycles. The van der Waals surface area contributed by atoms with Crippen LogP contribution in [0.2, 0.25) is 0 Å². The third-order valence-corrected chi connectivity index (χ3v) is 4.01. The van der Waals surface area contributed by atoms with Gasteiger partial charge in [0.05, 0.1) is 0 Å². The molecule has 1 N–H and O–H groups in total. The zero-order valence-corrected chi connectivity index (χ0v) is 13.5. The molecule has 1 unspecified atom stereocenters. The molecule has 0 bridgehead atoms. The molecule has 112 valence electrons. The van der Waals surface area contributed by atoms with E-state index in [0.29, 0.717) is 5.75 Å². The Balaban J connectivity index is 2.50. The molecule has 20 heavy (non-hydrogen) atoms. The molecule has 0 aliphatic carbocycles. The van der Waals surface area contributed by atoms with Crippen LogP contribution in [0.1, 0.15) is 40.0 Å². The minimum atomic E-state index is -1.01. The molecule has 0 aromatic heterocycles. The van der Waals surface area contributed by atoms with E-state index in [4.69, 9.17) is 4.74 Å². The van der Waals surface area contributed by atoms with Crippen molar-refractivity contribution in [3.05, 3.63) is 36.9 Å². The van der Waals surface area contributed by atoms with Gasteiger partial charge in [0.1, 0.15) is 22.3 Å². The highest BCUT2D eigenvalue weighted by atomic mass is 32.2. The van der Waals surface area contributed by atoms with E-state index in [2.05, 4.69) is 18.2 Å². The minimum absolute atomic E-state index is 0.391. The number of nitrogens with one attached hydrogen (secondary N) is 1. The van der Waals surface area contributed by atoms with E-state index < -0.39 is 16.6 Å². The summed E-state index contributed by atoms with van der Waals surface area (Å²) in [5.41, 5.74) is 0.460. The monoisotopic (exact) mass is 295 g/mol. The Bertz CT molecular complexity index is 440. The van der Waals surface area contributed by atoms with Gasteiger partial charge in [0.15, 0.2) is 0 Å². The molecule has 1 rings (SSSR count). The van der Waals surface area contributed by atoms with Gasteiger partial charge in [-0.25, -0.2) is 4.21 Å². The zero-order chi connectivity index (χ0) is 15.0. The van der Waals surface area contributed by atoms with Crippen LogP contribution < -0.4 is 9.46 Å². The molecule has 0 spiro atoms. The molecule has 1 aromatic rings. The van der Waals surface area contributed by atoms with E-state index in [1.807, 2.05) is 38.1 Å². The van der Waals surface area contributed by atoms with Gasteiger partial charge in [0.25, 0.3) is 0 Å². The van der Waals surface area contributed by atoms with Gasteiger partial charge in [-0.2, -0.15) is 0 Å². The minimum Gasteiger partial charge on any atom is -0.484 e. The van der Waals surface area contributed by atoms with Crippen LogP contribution in [-0.4, -0.2) is 15.6 Å². The normalized spacial score (nSPS) is 12.8. The van der Waals surface area contributed by atoms with Crippen LogP contribution in [0, 0.1) is 0 Å². The number of hydrogen-bond donors (Lipinski definition) is 1. The van der Waals surface area contributed by atoms with Crippen molar-refractivity contribution in [1.29, 1.82) is 0 Å². The summed E-state index contributed by atoms with van der Waals surface area (Å²) in [7, 11) is -1.01.